The summed E-state index contributed by atoms with van der Waals surface area (Å²) in [6.07, 6.45) is 2.58. The van der Waals surface area contributed by atoms with Crippen LogP contribution >= 0.6 is 0 Å². The standard InChI is InChI=1S/C12H15N5O3/c13-8-9(5-1-2-5)16-17-10(8)12(20)14-6-3-4-7(18)15-11(6)19/h5-6H,1-4,13H2,(H,14,20)(H,16,17)(H,15,18,19). The second-order valence-electron chi connectivity index (χ2n) is 5.15. The Morgan fingerprint density at radius 2 is 2.05 bits per heavy atom. The van der Waals surface area contributed by atoms with E-state index in [2.05, 4.69) is 20.8 Å². The minimum Gasteiger partial charge on any atom is -0.395 e. The summed E-state index contributed by atoms with van der Waals surface area (Å²) >= 11 is 0. The first-order valence-corrected chi connectivity index (χ1v) is 6.54. The van der Waals surface area contributed by atoms with Crippen LogP contribution in [0.5, 0.6) is 0 Å². The number of aromatic nitrogens is 2. The van der Waals surface area contributed by atoms with Crippen molar-refractivity contribution in [2.75, 3.05) is 5.73 Å². The molecule has 3 rings (SSSR count). The van der Waals surface area contributed by atoms with Crippen molar-refractivity contribution in [2.45, 2.75) is 37.6 Å². The number of amides is 3. The van der Waals surface area contributed by atoms with E-state index in [1.54, 1.807) is 0 Å². The highest BCUT2D eigenvalue weighted by molar-refractivity contribution is 6.04. The molecule has 20 heavy (non-hydrogen) atoms. The zero-order valence-electron chi connectivity index (χ0n) is 10.7. The normalized spacial score (nSPS) is 22.5. The molecule has 106 valence electrons. The number of imide groups is 1. The van der Waals surface area contributed by atoms with Crippen LogP contribution in [-0.2, 0) is 9.59 Å². The molecular weight excluding hydrogens is 262 g/mol. The molecule has 1 aromatic rings. The van der Waals surface area contributed by atoms with Gasteiger partial charge in [0.25, 0.3) is 5.91 Å². The predicted octanol–water partition coefficient (Wildman–Crippen LogP) is -0.596. The van der Waals surface area contributed by atoms with Gasteiger partial charge in [0.1, 0.15) is 6.04 Å². The molecule has 5 N–H and O–H groups in total. The molecule has 1 saturated heterocycles. The number of aromatic amines is 1. The van der Waals surface area contributed by atoms with Gasteiger partial charge in [-0.05, 0) is 19.3 Å². The molecular formula is C12H15N5O3. The van der Waals surface area contributed by atoms with Crippen molar-refractivity contribution in [3.63, 3.8) is 0 Å². The second-order valence-corrected chi connectivity index (χ2v) is 5.15. The molecule has 8 nitrogen and oxygen atoms in total. The van der Waals surface area contributed by atoms with Crippen molar-refractivity contribution in [3.05, 3.63) is 11.4 Å². The minimum atomic E-state index is -0.722. The molecule has 1 saturated carbocycles. The van der Waals surface area contributed by atoms with Crippen LogP contribution in [0.2, 0.25) is 0 Å². The highest BCUT2D eigenvalue weighted by Gasteiger charge is 2.32. The number of anilines is 1. The molecule has 1 aromatic heterocycles. The molecule has 0 spiro atoms. The lowest BCUT2D eigenvalue weighted by Gasteiger charge is -2.21. The first kappa shape index (κ1) is 12.6. The lowest BCUT2D eigenvalue weighted by Crippen LogP contribution is -2.52. The lowest BCUT2D eigenvalue weighted by atomic mass is 10.1. The maximum atomic E-state index is 12.1. The lowest BCUT2D eigenvalue weighted by molar-refractivity contribution is -0.134. The van der Waals surface area contributed by atoms with Crippen LogP contribution in [0.4, 0.5) is 5.69 Å². The molecule has 1 atom stereocenters. The van der Waals surface area contributed by atoms with Gasteiger partial charge >= 0.3 is 0 Å². The number of rotatable bonds is 3. The molecule has 2 heterocycles. The van der Waals surface area contributed by atoms with Gasteiger partial charge in [0.15, 0.2) is 5.69 Å². The number of nitrogens with one attached hydrogen (secondary N) is 3. The van der Waals surface area contributed by atoms with Gasteiger partial charge < -0.3 is 11.1 Å². The third kappa shape index (κ3) is 2.24. The summed E-state index contributed by atoms with van der Waals surface area (Å²) in [5, 5.41) is 11.4. The van der Waals surface area contributed by atoms with Crippen LogP contribution in [0.25, 0.3) is 0 Å². The van der Waals surface area contributed by atoms with Crippen LogP contribution in [0.3, 0.4) is 0 Å². The van der Waals surface area contributed by atoms with Crippen LogP contribution in [0, 0.1) is 0 Å². The average molecular weight is 277 g/mol. The number of carbonyl (C=O) groups excluding carboxylic acids is 3. The van der Waals surface area contributed by atoms with Crippen LogP contribution in [0.15, 0.2) is 0 Å². The van der Waals surface area contributed by atoms with Crippen LogP contribution in [-0.4, -0.2) is 34.0 Å². The van der Waals surface area contributed by atoms with Gasteiger partial charge in [-0.1, -0.05) is 0 Å². The molecule has 2 fully saturated rings. The largest absolute Gasteiger partial charge is 0.395 e. The maximum Gasteiger partial charge on any atom is 0.274 e. The van der Waals surface area contributed by atoms with E-state index in [1.807, 2.05) is 0 Å². The highest BCUT2D eigenvalue weighted by Crippen LogP contribution is 2.42. The summed E-state index contributed by atoms with van der Waals surface area (Å²) in [4.78, 5) is 34.7. The van der Waals surface area contributed by atoms with Crippen LogP contribution in [0.1, 0.15) is 47.8 Å². The van der Waals surface area contributed by atoms with Crippen molar-refractivity contribution in [1.82, 2.24) is 20.8 Å². The van der Waals surface area contributed by atoms with E-state index < -0.39 is 17.9 Å². The summed E-state index contributed by atoms with van der Waals surface area (Å²) in [6, 6.07) is -0.722. The summed E-state index contributed by atoms with van der Waals surface area (Å²) in [7, 11) is 0. The third-order valence-corrected chi connectivity index (χ3v) is 3.58. The molecule has 1 aliphatic carbocycles. The molecule has 1 aliphatic heterocycles. The number of hydrogen-bond acceptors (Lipinski definition) is 5. The van der Waals surface area contributed by atoms with Gasteiger partial charge in [-0.2, -0.15) is 5.10 Å². The predicted molar refractivity (Wildman–Crippen MR) is 68.6 cm³/mol. The molecule has 0 aromatic carbocycles. The average Bonchev–Trinajstić information content (AvgIpc) is 3.16. The van der Waals surface area contributed by atoms with E-state index >= 15 is 0 Å². The quantitative estimate of drug-likeness (QED) is 0.548. The Kier molecular flexibility index (Phi) is 2.92. The number of H-pyrrole nitrogens is 1. The number of nitrogens with zero attached hydrogens (tertiary/aromatic N) is 1. The van der Waals surface area contributed by atoms with Crippen LogP contribution < -0.4 is 16.4 Å². The second kappa shape index (κ2) is 4.62. The fraction of sp³-hybridized carbons (Fsp3) is 0.500. The monoisotopic (exact) mass is 277 g/mol. The molecule has 8 heteroatoms. The zero-order valence-corrected chi connectivity index (χ0v) is 10.7. The summed E-state index contributed by atoms with van der Waals surface area (Å²) in [5.41, 5.74) is 7.14. The Labute approximate surface area is 114 Å². The van der Waals surface area contributed by atoms with Gasteiger partial charge in [-0.15, -0.1) is 0 Å². The van der Waals surface area contributed by atoms with Gasteiger partial charge in [0.05, 0.1) is 11.4 Å². The van der Waals surface area contributed by atoms with Gasteiger partial charge in [-0.3, -0.25) is 24.8 Å². The van der Waals surface area contributed by atoms with Crippen molar-refractivity contribution >= 4 is 23.4 Å². The fourth-order valence-electron chi connectivity index (χ4n) is 2.28. The van der Waals surface area contributed by atoms with Gasteiger partial charge in [0, 0.05) is 12.3 Å². The van der Waals surface area contributed by atoms with E-state index in [1.165, 1.54) is 0 Å². The number of nitrogen functional groups attached to an aromatic ring is 1. The van der Waals surface area contributed by atoms with Gasteiger partial charge in [-0.25, -0.2) is 0 Å². The fourth-order valence-corrected chi connectivity index (χ4v) is 2.28. The Bertz CT molecular complexity index is 590. The first-order chi connectivity index (χ1) is 9.56. The van der Waals surface area contributed by atoms with Crippen molar-refractivity contribution in [3.8, 4) is 0 Å². The van der Waals surface area contributed by atoms with Crippen molar-refractivity contribution in [2.24, 2.45) is 0 Å². The van der Waals surface area contributed by atoms with Crippen molar-refractivity contribution < 1.29 is 14.4 Å². The SMILES string of the molecule is Nc1c(C(=O)NC2CCC(=O)NC2=O)n[nH]c1C1CC1. The molecule has 1 unspecified atom stereocenters. The summed E-state index contributed by atoms with van der Waals surface area (Å²) < 4.78 is 0. The number of carbonyl (C=O) groups is 3. The Hall–Kier alpha value is -2.38. The molecule has 3 amide bonds. The number of piperidine rings is 1. The maximum absolute atomic E-state index is 12.1. The van der Waals surface area contributed by atoms with Gasteiger partial charge in [0.2, 0.25) is 11.8 Å². The Morgan fingerprint density at radius 3 is 2.70 bits per heavy atom. The first-order valence-electron chi connectivity index (χ1n) is 6.54. The Balaban J connectivity index is 1.70. The van der Waals surface area contributed by atoms with E-state index in [0.29, 0.717) is 11.6 Å². The summed E-state index contributed by atoms with van der Waals surface area (Å²) in [6.45, 7) is 0. The smallest absolute Gasteiger partial charge is 0.274 e. The van der Waals surface area contributed by atoms with Crippen molar-refractivity contribution in [1.29, 1.82) is 0 Å². The Morgan fingerprint density at radius 1 is 1.30 bits per heavy atom. The molecule has 0 radical (unpaired) electrons. The third-order valence-electron chi connectivity index (χ3n) is 3.58. The number of hydrogen-bond donors (Lipinski definition) is 4. The molecule has 0 bridgehead atoms. The zero-order chi connectivity index (χ0) is 14.3. The number of nitrogens with two attached hydrogens (primary N) is 1. The van der Waals surface area contributed by atoms with E-state index in [-0.39, 0.29) is 24.4 Å². The van der Waals surface area contributed by atoms with E-state index in [0.717, 1.165) is 18.5 Å². The van der Waals surface area contributed by atoms with E-state index in [9.17, 15) is 14.4 Å². The minimum absolute atomic E-state index is 0.108. The highest BCUT2D eigenvalue weighted by atomic mass is 16.2. The summed E-state index contributed by atoms with van der Waals surface area (Å²) in [5.74, 6) is -0.957. The van der Waals surface area contributed by atoms with E-state index in [4.69, 9.17) is 5.73 Å². The topological polar surface area (TPSA) is 130 Å². The molecule has 2 aliphatic rings.